The van der Waals surface area contributed by atoms with Crippen molar-refractivity contribution in [2.45, 2.75) is 31.9 Å². The first kappa shape index (κ1) is 11.6. The molecule has 84 valence electrons. The van der Waals surface area contributed by atoms with Gasteiger partial charge in [-0.05, 0) is 41.8 Å². The fourth-order valence-corrected chi connectivity index (χ4v) is 3.29. The van der Waals surface area contributed by atoms with Crippen molar-refractivity contribution in [3.05, 3.63) is 20.8 Å². The molecule has 0 amide bonds. The number of halogens is 1. The summed E-state index contributed by atoms with van der Waals surface area (Å²) >= 11 is 5.24. The summed E-state index contributed by atoms with van der Waals surface area (Å²) in [7, 11) is 0. The number of hydrogen-bond acceptors (Lipinski definition) is 3. The van der Waals surface area contributed by atoms with E-state index < -0.39 is 0 Å². The summed E-state index contributed by atoms with van der Waals surface area (Å²) in [5.41, 5.74) is 0.0640. The lowest BCUT2D eigenvalue weighted by atomic mass is 10.0. The van der Waals surface area contributed by atoms with Crippen LogP contribution in [0.2, 0.25) is 0 Å². The minimum atomic E-state index is 0.0640. The van der Waals surface area contributed by atoms with Gasteiger partial charge >= 0.3 is 0 Å². The number of hydrogen-bond donors (Lipinski definition) is 1. The van der Waals surface area contributed by atoms with E-state index in [1.54, 1.807) is 11.3 Å². The zero-order valence-electron chi connectivity index (χ0n) is 8.88. The number of thiophene rings is 1. The van der Waals surface area contributed by atoms with E-state index in [-0.39, 0.29) is 5.60 Å². The van der Waals surface area contributed by atoms with Crippen molar-refractivity contribution >= 4 is 27.3 Å². The predicted molar refractivity (Wildman–Crippen MR) is 67.3 cm³/mol. The Morgan fingerprint density at radius 2 is 2.53 bits per heavy atom. The summed E-state index contributed by atoms with van der Waals surface area (Å²) in [5.74, 6) is 0. The molecule has 2 nitrogen and oxygen atoms in total. The fourth-order valence-electron chi connectivity index (χ4n) is 1.87. The maximum absolute atomic E-state index is 5.72. The normalized spacial score (nSPS) is 26.0. The number of rotatable bonds is 4. The van der Waals surface area contributed by atoms with Gasteiger partial charge in [0.25, 0.3) is 0 Å². The highest BCUT2D eigenvalue weighted by Crippen LogP contribution is 2.24. The third kappa shape index (κ3) is 3.28. The van der Waals surface area contributed by atoms with E-state index >= 15 is 0 Å². The molecule has 2 heterocycles. The molecule has 1 N–H and O–H groups in total. The minimum Gasteiger partial charge on any atom is -0.374 e. The van der Waals surface area contributed by atoms with Crippen molar-refractivity contribution in [1.82, 2.24) is 5.32 Å². The third-order valence-corrected chi connectivity index (χ3v) is 4.42. The van der Waals surface area contributed by atoms with Gasteiger partial charge in [0, 0.05) is 34.4 Å². The molecule has 0 radical (unpaired) electrons. The van der Waals surface area contributed by atoms with Crippen LogP contribution < -0.4 is 5.32 Å². The molecule has 1 aliphatic heterocycles. The van der Waals surface area contributed by atoms with Gasteiger partial charge in [-0.3, -0.25) is 0 Å². The number of ether oxygens (including phenoxy) is 1. The Labute approximate surface area is 103 Å². The lowest BCUT2D eigenvalue weighted by Gasteiger charge is -2.23. The maximum atomic E-state index is 5.72. The fraction of sp³-hybridized carbons (Fsp3) is 0.636. The van der Waals surface area contributed by atoms with Gasteiger partial charge in [0.2, 0.25) is 0 Å². The predicted octanol–water partition coefficient (Wildman–Crippen LogP) is 3.17. The van der Waals surface area contributed by atoms with Gasteiger partial charge in [-0.1, -0.05) is 0 Å². The molecule has 1 unspecified atom stereocenters. The zero-order chi connectivity index (χ0) is 10.7. The SMILES string of the molecule is CC1(CNCc2cc(Br)cs2)CCCO1. The van der Waals surface area contributed by atoms with E-state index in [4.69, 9.17) is 4.74 Å². The van der Waals surface area contributed by atoms with Crippen LogP contribution in [0, 0.1) is 0 Å². The molecule has 2 rings (SSSR count). The summed E-state index contributed by atoms with van der Waals surface area (Å²) in [6.45, 7) is 5.00. The van der Waals surface area contributed by atoms with Crippen LogP contribution in [0.1, 0.15) is 24.6 Å². The highest BCUT2D eigenvalue weighted by molar-refractivity contribution is 9.10. The van der Waals surface area contributed by atoms with Crippen LogP contribution in [-0.2, 0) is 11.3 Å². The standard InChI is InChI=1S/C11H16BrNOS/c1-11(3-2-4-14-11)8-13-6-10-5-9(12)7-15-10/h5,7,13H,2-4,6,8H2,1H3. The number of nitrogens with one attached hydrogen (secondary N) is 1. The molecule has 1 aromatic rings. The minimum absolute atomic E-state index is 0.0640. The Hall–Kier alpha value is 0.1000. The van der Waals surface area contributed by atoms with Crippen LogP contribution in [-0.4, -0.2) is 18.8 Å². The molecule has 0 saturated carbocycles. The Morgan fingerprint density at radius 3 is 3.13 bits per heavy atom. The molecule has 0 aromatic carbocycles. The zero-order valence-corrected chi connectivity index (χ0v) is 11.3. The molecule has 0 bridgehead atoms. The molecule has 1 aromatic heterocycles. The second kappa shape index (κ2) is 4.95. The topological polar surface area (TPSA) is 21.3 Å². The molecule has 0 aliphatic carbocycles. The van der Waals surface area contributed by atoms with Crippen LogP contribution in [0.25, 0.3) is 0 Å². The van der Waals surface area contributed by atoms with Gasteiger partial charge < -0.3 is 10.1 Å². The van der Waals surface area contributed by atoms with E-state index in [1.165, 1.54) is 22.2 Å². The second-order valence-electron chi connectivity index (χ2n) is 4.24. The molecule has 1 aliphatic rings. The largest absolute Gasteiger partial charge is 0.374 e. The summed E-state index contributed by atoms with van der Waals surface area (Å²) in [5, 5.41) is 5.58. The summed E-state index contributed by atoms with van der Waals surface area (Å²) in [6, 6.07) is 2.16. The smallest absolute Gasteiger partial charge is 0.0779 e. The van der Waals surface area contributed by atoms with Crippen LogP contribution in [0.4, 0.5) is 0 Å². The molecular weight excluding hydrogens is 274 g/mol. The molecule has 1 atom stereocenters. The first-order chi connectivity index (χ1) is 7.18. The van der Waals surface area contributed by atoms with Crippen LogP contribution >= 0.6 is 27.3 Å². The van der Waals surface area contributed by atoms with Crippen LogP contribution in [0.15, 0.2) is 15.9 Å². The van der Waals surface area contributed by atoms with Gasteiger partial charge in [-0.2, -0.15) is 0 Å². The van der Waals surface area contributed by atoms with Crippen molar-refractivity contribution < 1.29 is 4.74 Å². The van der Waals surface area contributed by atoms with Crippen LogP contribution in [0.3, 0.4) is 0 Å². The molecular formula is C11H16BrNOS. The van der Waals surface area contributed by atoms with Gasteiger partial charge in [-0.15, -0.1) is 11.3 Å². The Bertz CT molecular complexity index is 320. The Morgan fingerprint density at radius 1 is 1.67 bits per heavy atom. The van der Waals surface area contributed by atoms with Gasteiger partial charge in [0.15, 0.2) is 0 Å². The second-order valence-corrected chi connectivity index (χ2v) is 6.15. The van der Waals surface area contributed by atoms with Gasteiger partial charge in [0.05, 0.1) is 5.60 Å². The summed E-state index contributed by atoms with van der Waals surface area (Å²) in [6.07, 6.45) is 2.37. The Balaban J connectivity index is 1.75. The first-order valence-electron chi connectivity index (χ1n) is 5.26. The quantitative estimate of drug-likeness (QED) is 0.919. The highest BCUT2D eigenvalue weighted by atomic mass is 79.9. The summed E-state index contributed by atoms with van der Waals surface area (Å²) < 4.78 is 6.89. The third-order valence-electron chi connectivity index (χ3n) is 2.72. The highest BCUT2D eigenvalue weighted by Gasteiger charge is 2.28. The van der Waals surface area contributed by atoms with E-state index in [9.17, 15) is 0 Å². The summed E-state index contributed by atoms with van der Waals surface area (Å²) in [4.78, 5) is 1.36. The van der Waals surface area contributed by atoms with E-state index in [0.717, 1.165) is 19.7 Å². The van der Waals surface area contributed by atoms with Crippen molar-refractivity contribution in [3.8, 4) is 0 Å². The van der Waals surface area contributed by atoms with Gasteiger partial charge in [-0.25, -0.2) is 0 Å². The van der Waals surface area contributed by atoms with Crippen molar-refractivity contribution in [2.75, 3.05) is 13.2 Å². The first-order valence-corrected chi connectivity index (χ1v) is 6.93. The lowest BCUT2D eigenvalue weighted by molar-refractivity contribution is 0.0207. The molecule has 0 spiro atoms. The van der Waals surface area contributed by atoms with Crippen molar-refractivity contribution in [2.24, 2.45) is 0 Å². The van der Waals surface area contributed by atoms with Crippen molar-refractivity contribution in [3.63, 3.8) is 0 Å². The Kier molecular flexibility index (Phi) is 3.83. The molecule has 1 fully saturated rings. The maximum Gasteiger partial charge on any atom is 0.0779 e. The van der Waals surface area contributed by atoms with Crippen molar-refractivity contribution in [1.29, 1.82) is 0 Å². The molecule has 15 heavy (non-hydrogen) atoms. The van der Waals surface area contributed by atoms with E-state index in [2.05, 4.69) is 39.6 Å². The molecule has 4 heteroatoms. The average Bonchev–Trinajstić information content (AvgIpc) is 2.76. The van der Waals surface area contributed by atoms with E-state index in [0.29, 0.717) is 0 Å². The lowest BCUT2D eigenvalue weighted by Crippen LogP contribution is -2.36. The average molecular weight is 290 g/mol. The molecule has 1 saturated heterocycles. The van der Waals surface area contributed by atoms with Gasteiger partial charge in [0.1, 0.15) is 0 Å². The monoisotopic (exact) mass is 289 g/mol. The van der Waals surface area contributed by atoms with E-state index in [1.807, 2.05) is 0 Å². The van der Waals surface area contributed by atoms with Crippen LogP contribution in [0.5, 0.6) is 0 Å².